The van der Waals surface area contributed by atoms with Crippen molar-refractivity contribution in [2.75, 3.05) is 13.1 Å². The first kappa shape index (κ1) is 13.4. The topological polar surface area (TPSA) is 15.3 Å². The number of nitrogens with zero attached hydrogens (tertiary/aromatic N) is 1. The summed E-state index contributed by atoms with van der Waals surface area (Å²) in [5, 5.41) is 3.74. The van der Waals surface area contributed by atoms with Gasteiger partial charge < -0.3 is 5.32 Å². The second kappa shape index (κ2) is 4.55. The molecule has 0 amide bonds. The van der Waals surface area contributed by atoms with Crippen LogP contribution in [0.1, 0.15) is 60.3 Å². The van der Waals surface area contributed by atoms with Crippen molar-refractivity contribution in [3.8, 4) is 0 Å². The molecule has 0 radical (unpaired) electrons. The average Bonchev–Trinajstić information content (AvgIpc) is 2.18. The van der Waals surface area contributed by atoms with Gasteiger partial charge in [0.25, 0.3) is 0 Å². The molecule has 2 fully saturated rings. The fourth-order valence-corrected chi connectivity index (χ4v) is 3.53. The van der Waals surface area contributed by atoms with Gasteiger partial charge in [0.2, 0.25) is 0 Å². The molecule has 0 aromatic heterocycles. The van der Waals surface area contributed by atoms with E-state index in [2.05, 4.69) is 44.8 Å². The normalized spacial score (nSPS) is 34.4. The van der Waals surface area contributed by atoms with E-state index in [1.807, 2.05) is 0 Å². The monoisotopic (exact) mass is 238 g/mol. The molecule has 2 heteroatoms. The second-order valence-corrected chi connectivity index (χ2v) is 7.26. The van der Waals surface area contributed by atoms with Crippen molar-refractivity contribution in [2.24, 2.45) is 5.41 Å². The van der Waals surface area contributed by atoms with Gasteiger partial charge in [-0.15, -0.1) is 0 Å². The Morgan fingerprint density at radius 1 is 1.29 bits per heavy atom. The minimum absolute atomic E-state index is 0.372. The fraction of sp³-hybridized carbons (Fsp3) is 1.00. The van der Waals surface area contributed by atoms with E-state index in [0.717, 1.165) is 6.54 Å². The molecule has 2 aliphatic rings. The fourth-order valence-electron chi connectivity index (χ4n) is 3.53. The van der Waals surface area contributed by atoms with Gasteiger partial charge in [0, 0.05) is 30.7 Å². The van der Waals surface area contributed by atoms with E-state index in [-0.39, 0.29) is 0 Å². The molecule has 2 unspecified atom stereocenters. The van der Waals surface area contributed by atoms with Gasteiger partial charge in [0.1, 0.15) is 0 Å². The summed E-state index contributed by atoms with van der Waals surface area (Å²) in [5.74, 6) is 0. The largest absolute Gasteiger partial charge is 0.311 e. The lowest BCUT2D eigenvalue weighted by Crippen LogP contribution is -2.67. The maximum atomic E-state index is 3.74. The molecule has 100 valence electrons. The lowest BCUT2D eigenvalue weighted by molar-refractivity contribution is -0.0499. The van der Waals surface area contributed by atoms with Gasteiger partial charge in [-0.2, -0.15) is 0 Å². The Labute approximate surface area is 107 Å². The van der Waals surface area contributed by atoms with Crippen LogP contribution in [0.2, 0.25) is 0 Å². The first-order valence-electron chi connectivity index (χ1n) is 7.39. The van der Waals surface area contributed by atoms with Crippen LogP contribution in [0, 0.1) is 5.41 Å². The summed E-state index contributed by atoms with van der Waals surface area (Å²) in [7, 11) is 0. The van der Waals surface area contributed by atoms with Gasteiger partial charge in [-0.3, -0.25) is 4.90 Å². The quantitative estimate of drug-likeness (QED) is 0.795. The van der Waals surface area contributed by atoms with E-state index in [1.54, 1.807) is 0 Å². The molecule has 0 aromatic rings. The highest BCUT2D eigenvalue weighted by atomic mass is 15.3. The zero-order chi connectivity index (χ0) is 12.7. The molecular weight excluding hydrogens is 208 g/mol. The Hall–Kier alpha value is -0.0800. The van der Waals surface area contributed by atoms with E-state index < -0.39 is 0 Å². The molecule has 1 saturated heterocycles. The van der Waals surface area contributed by atoms with Crippen molar-refractivity contribution in [1.82, 2.24) is 10.2 Å². The number of hydrogen-bond donors (Lipinski definition) is 1. The van der Waals surface area contributed by atoms with Crippen molar-refractivity contribution in [1.29, 1.82) is 0 Å². The molecule has 1 aliphatic carbocycles. The van der Waals surface area contributed by atoms with Crippen LogP contribution in [-0.4, -0.2) is 35.6 Å². The Morgan fingerprint density at radius 3 is 2.35 bits per heavy atom. The van der Waals surface area contributed by atoms with E-state index >= 15 is 0 Å². The Morgan fingerprint density at radius 2 is 1.94 bits per heavy atom. The molecule has 1 saturated carbocycles. The molecule has 17 heavy (non-hydrogen) atoms. The number of hydrogen-bond acceptors (Lipinski definition) is 2. The van der Waals surface area contributed by atoms with Crippen LogP contribution in [-0.2, 0) is 0 Å². The van der Waals surface area contributed by atoms with Gasteiger partial charge in [0.05, 0.1) is 0 Å². The smallest absolute Gasteiger partial charge is 0.0244 e. The molecule has 1 aliphatic heterocycles. The maximum absolute atomic E-state index is 3.74. The molecule has 1 heterocycles. The Bertz CT molecular complexity index is 257. The minimum atomic E-state index is 0.372. The van der Waals surface area contributed by atoms with Crippen LogP contribution >= 0.6 is 0 Å². The van der Waals surface area contributed by atoms with Gasteiger partial charge in [0.15, 0.2) is 0 Å². The number of rotatable bonds is 2. The first-order valence-corrected chi connectivity index (χ1v) is 7.39. The summed E-state index contributed by atoms with van der Waals surface area (Å²) in [5.41, 5.74) is 0.919. The Kier molecular flexibility index (Phi) is 3.57. The van der Waals surface area contributed by atoms with E-state index in [0.29, 0.717) is 23.0 Å². The number of piperazine rings is 1. The third-order valence-electron chi connectivity index (χ3n) is 5.17. The van der Waals surface area contributed by atoms with Crippen LogP contribution in [0.15, 0.2) is 0 Å². The summed E-state index contributed by atoms with van der Waals surface area (Å²) in [6, 6.07) is 1.34. The predicted octanol–water partition coefficient (Wildman–Crippen LogP) is 3.03. The molecule has 2 rings (SSSR count). The highest BCUT2D eigenvalue weighted by molar-refractivity contribution is 5.03. The molecule has 0 bridgehead atoms. The van der Waals surface area contributed by atoms with Gasteiger partial charge >= 0.3 is 0 Å². The summed E-state index contributed by atoms with van der Waals surface area (Å²) in [4.78, 5) is 2.82. The molecule has 2 atom stereocenters. The maximum Gasteiger partial charge on any atom is 0.0244 e. The summed E-state index contributed by atoms with van der Waals surface area (Å²) in [6.07, 6.45) is 5.61. The lowest BCUT2D eigenvalue weighted by Gasteiger charge is -2.57. The minimum Gasteiger partial charge on any atom is -0.311 e. The number of nitrogens with one attached hydrogen (secondary N) is 1. The van der Waals surface area contributed by atoms with E-state index in [1.165, 1.54) is 32.2 Å². The highest BCUT2D eigenvalue weighted by Crippen LogP contribution is 2.43. The van der Waals surface area contributed by atoms with Crippen LogP contribution in [0.3, 0.4) is 0 Å². The summed E-state index contributed by atoms with van der Waals surface area (Å²) >= 11 is 0. The molecule has 2 nitrogen and oxygen atoms in total. The van der Waals surface area contributed by atoms with E-state index in [4.69, 9.17) is 0 Å². The van der Waals surface area contributed by atoms with Crippen molar-refractivity contribution in [3.05, 3.63) is 0 Å². The van der Waals surface area contributed by atoms with Crippen LogP contribution in [0.4, 0.5) is 0 Å². The molecule has 0 spiro atoms. The van der Waals surface area contributed by atoms with Crippen LogP contribution in [0.25, 0.3) is 0 Å². The lowest BCUT2D eigenvalue weighted by atomic mass is 9.71. The molecule has 0 aromatic carbocycles. The molecular formula is C15H30N2. The zero-order valence-electron chi connectivity index (χ0n) is 12.3. The highest BCUT2D eigenvalue weighted by Gasteiger charge is 2.46. The summed E-state index contributed by atoms with van der Waals surface area (Å²) in [6.45, 7) is 14.2. The second-order valence-electron chi connectivity index (χ2n) is 7.26. The zero-order valence-corrected chi connectivity index (χ0v) is 12.3. The van der Waals surface area contributed by atoms with Crippen LogP contribution < -0.4 is 5.32 Å². The molecule has 1 N–H and O–H groups in total. The standard InChI is InChI=1S/C15H30N2/c1-6-15(8-7-9-15)17-11-13(14(3,4)5)16-10-12(17)2/h12-13,16H,6-11H2,1-5H3. The van der Waals surface area contributed by atoms with Gasteiger partial charge in [-0.25, -0.2) is 0 Å². The van der Waals surface area contributed by atoms with Crippen LogP contribution in [0.5, 0.6) is 0 Å². The Balaban J connectivity index is 2.10. The van der Waals surface area contributed by atoms with Crippen molar-refractivity contribution in [3.63, 3.8) is 0 Å². The van der Waals surface area contributed by atoms with Crippen molar-refractivity contribution >= 4 is 0 Å². The van der Waals surface area contributed by atoms with Gasteiger partial charge in [-0.1, -0.05) is 27.7 Å². The van der Waals surface area contributed by atoms with Crippen molar-refractivity contribution in [2.45, 2.75) is 77.9 Å². The van der Waals surface area contributed by atoms with E-state index in [9.17, 15) is 0 Å². The summed E-state index contributed by atoms with van der Waals surface area (Å²) < 4.78 is 0. The third kappa shape index (κ3) is 2.39. The predicted molar refractivity (Wildman–Crippen MR) is 74.3 cm³/mol. The first-order chi connectivity index (χ1) is 7.89. The average molecular weight is 238 g/mol. The third-order valence-corrected chi connectivity index (χ3v) is 5.17. The SMILES string of the molecule is CCC1(N2CC(C(C)(C)C)NCC2C)CCC1. The van der Waals surface area contributed by atoms with Crippen molar-refractivity contribution < 1.29 is 0 Å². The van der Waals surface area contributed by atoms with Gasteiger partial charge in [-0.05, 0) is 38.0 Å².